The Hall–Kier alpha value is -3.58. The number of anilines is 2. The smallest absolute Gasteiger partial charge is 0.251 e. The zero-order valence-electron chi connectivity index (χ0n) is 25.0. The summed E-state index contributed by atoms with van der Waals surface area (Å²) in [5.74, 6) is -0.0581. The summed E-state index contributed by atoms with van der Waals surface area (Å²) in [7, 11) is 0. The summed E-state index contributed by atoms with van der Waals surface area (Å²) in [4.78, 5) is 23.1. The van der Waals surface area contributed by atoms with Gasteiger partial charge in [-0.1, -0.05) is 35.3 Å². The summed E-state index contributed by atoms with van der Waals surface area (Å²) in [6.45, 7) is 2.36. The average Bonchev–Trinajstić information content (AvgIpc) is 3.05. The summed E-state index contributed by atoms with van der Waals surface area (Å²) >= 11 is 12.4. The van der Waals surface area contributed by atoms with E-state index in [1.54, 1.807) is 0 Å². The molecule has 2 aromatic heterocycles. The van der Waals surface area contributed by atoms with Crippen LogP contribution in [0.3, 0.4) is 0 Å². The van der Waals surface area contributed by atoms with Gasteiger partial charge in [0.2, 0.25) is 0 Å². The van der Waals surface area contributed by atoms with Crippen LogP contribution >= 0.6 is 35.6 Å². The summed E-state index contributed by atoms with van der Waals surface area (Å²) in [5, 5.41) is 14.0. The second-order valence-electron chi connectivity index (χ2n) is 11.8. The SMILES string of the molecule is Cl.O=C(NCCCCNc1c2c(nc3cc(Cl)ccc13)CCCC2)c1ccc2nc(-c3ccc(Cl)cc3)c3c(c2c1)NCCC3. The lowest BCUT2D eigenvalue weighted by molar-refractivity contribution is 0.0953. The first-order chi connectivity index (χ1) is 21.5. The third-order valence-electron chi connectivity index (χ3n) is 8.79. The van der Waals surface area contributed by atoms with Crippen molar-refractivity contribution >= 4 is 74.7 Å². The fourth-order valence-corrected chi connectivity index (χ4v) is 6.87. The van der Waals surface area contributed by atoms with E-state index in [9.17, 15) is 4.79 Å². The molecule has 7 rings (SSSR count). The van der Waals surface area contributed by atoms with Crippen molar-refractivity contribution in [3.05, 3.63) is 93.1 Å². The number of hydrogen-bond donors (Lipinski definition) is 3. The third-order valence-corrected chi connectivity index (χ3v) is 9.27. The monoisotopic (exact) mass is 659 g/mol. The number of unbranched alkanes of at least 4 members (excludes halogenated alkanes) is 1. The molecule has 0 bridgehead atoms. The lowest BCUT2D eigenvalue weighted by Gasteiger charge is -2.23. The van der Waals surface area contributed by atoms with Gasteiger partial charge in [-0.3, -0.25) is 9.78 Å². The fourth-order valence-electron chi connectivity index (χ4n) is 6.58. The molecule has 6 nitrogen and oxygen atoms in total. The Morgan fingerprint density at radius 2 is 1.56 bits per heavy atom. The van der Waals surface area contributed by atoms with Gasteiger partial charge in [-0.05, 0) is 105 Å². The Kier molecular flexibility index (Phi) is 9.64. The minimum atomic E-state index is -0.0581. The van der Waals surface area contributed by atoms with Crippen molar-refractivity contribution in [1.82, 2.24) is 15.3 Å². The molecule has 0 atom stereocenters. The van der Waals surface area contributed by atoms with Gasteiger partial charge in [0, 0.05) is 74.2 Å². The minimum absolute atomic E-state index is 0. The van der Waals surface area contributed by atoms with Crippen LogP contribution in [0.1, 0.15) is 59.3 Å². The van der Waals surface area contributed by atoms with Crippen molar-refractivity contribution in [3.63, 3.8) is 0 Å². The van der Waals surface area contributed by atoms with Crippen molar-refractivity contribution in [2.45, 2.75) is 51.4 Å². The lowest BCUT2D eigenvalue weighted by Crippen LogP contribution is -2.25. The molecule has 1 aliphatic carbocycles. The largest absolute Gasteiger partial charge is 0.384 e. The summed E-state index contributed by atoms with van der Waals surface area (Å²) in [6.07, 6.45) is 8.27. The van der Waals surface area contributed by atoms with E-state index in [1.165, 1.54) is 35.3 Å². The molecular formula is C36H36Cl3N5O. The molecule has 3 N–H and O–H groups in total. The van der Waals surface area contributed by atoms with Crippen LogP contribution in [0, 0.1) is 0 Å². The van der Waals surface area contributed by atoms with E-state index in [0.717, 1.165) is 90.4 Å². The van der Waals surface area contributed by atoms with E-state index in [0.29, 0.717) is 22.2 Å². The molecular weight excluding hydrogens is 625 g/mol. The van der Waals surface area contributed by atoms with Gasteiger partial charge < -0.3 is 16.0 Å². The van der Waals surface area contributed by atoms with Gasteiger partial charge >= 0.3 is 0 Å². The van der Waals surface area contributed by atoms with Crippen molar-refractivity contribution in [2.24, 2.45) is 0 Å². The first-order valence-corrected chi connectivity index (χ1v) is 16.4. The first kappa shape index (κ1) is 31.4. The highest BCUT2D eigenvalue weighted by molar-refractivity contribution is 6.31. The molecule has 3 aromatic carbocycles. The van der Waals surface area contributed by atoms with E-state index in [4.69, 9.17) is 33.2 Å². The molecule has 2 aliphatic rings. The topological polar surface area (TPSA) is 78.9 Å². The van der Waals surface area contributed by atoms with Crippen LogP contribution in [0.2, 0.25) is 10.0 Å². The molecule has 0 radical (unpaired) electrons. The predicted molar refractivity (Wildman–Crippen MR) is 190 cm³/mol. The third kappa shape index (κ3) is 6.55. The quantitative estimate of drug-likeness (QED) is 0.145. The number of carbonyl (C=O) groups is 1. The number of carbonyl (C=O) groups excluding carboxylic acids is 1. The van der Waals surface area contributed by atoms with Gasteiger partial charge in [-0.25, -0.2) is 4.98 Å². The Bertz CT molecular complexity index is 1880. The molecule has 0 spiro atoms. The first-order valence-electron chi connectivity index (χ1n) is 15.6. The molecule has 1 amide bonds. The van der Waals surface area contributed by atoms with Crippen LogP contribution in [-0.2, 0) is 19.3 Å². The number of aromatic nitrogens is 2. The van der Waals surface area contributed by atoms with Crippen LogP contribution in [0.15, 0.2) is 60.7 Å². The van der Waals surface area contributed by atoms with Gasteiger partial charge in [0.25, 0.3) is 5.91 Å². The van der Waals surface area contributed by atoms with Crippen LogP contribution in [-0.4, -0.2) is 35.5 Å². The number of benzene rings is 3. The van der Waals surface area contributed by atoms with Crippen LogP contribution < -0.4 is 16.0 Å². The molecule has 0 fully saturated rings. The van der Waals surface area contributed by atoms with Gasteiger partial charge in [0.1, 0.15) is 0 Å². The second kappa shape index (κ2) is 13.8. The van der Waals surface area contributed by atoms with E-state index < -0.39 is 0 Å². The number of pyridine rings is 2. The van der Waals surface area contributed by atoms with E-state index in [-0.39, 0.29) is 18.3 Å². The molecule has 0 saturated heterocycles. The van der Waals surface area contributed by atoms with Crippen LogP contribution in [0.5, 0.6) is 0 Å². The number of fused-ring (bicyclic) bond motifs is 5. The highest BCUT2D eigenvalue weighted by Crippen LogP contribution is 2.38. The summed E-state index contributed by atoms with van der Waals surface area (Å²) in [6, 6.07) is 19.6. The van der Waals surface area contributed by atoms with E-state index in [1.807, 2.05) is 54.6 Å². The molecule has 232 valence electrons. The zero-order valence-corrected chi connectivity index (χ0v) is 27.3. The second-order valence-corrected chi connectivity index (χ2v) is 12.6. The molecule has 9 heteroatoms. The highest BCUT2D eigenvalue weighted by Gasteiger charge is 2.21. The van der Waals surface area contributed by atoms with Crippen molar-refractivity contribution in [3.8, 4) is 11.3 Å². The molecule has 0 unspecified atom stereocenters. The maximum atomic E-state index is 13.2. The Morgan fingerprint density at radius 1 is 0.778 bits per heavy atom. The van der Waals surface area contributed by atoms with E-state index in [2.05, 4.69) is 22.0 Å². The fraction of sp³-hybridized carbons (Fsp3) is 0.306. The number of amides is 1. The lowest BCUT2D eigenvalue weighted by atomic mass is 9.92. The van der Waals surface area contributed by atoms with Crippen molar-refractivity contribution in [2.75, 3.05) is 30.3 Å². The normalized spacial score (nSPS) is 13.8. The van der Waals surface area contributed by atoms with Gasteiger partial charge in [0.05, 0.1) is 16.7 Å². The highest BCUT2D eigenvalue weighted by atomic mass is 35.5. The average molecular weight is 661 g/mol. The predicted octanol–water partition coefficient (Wildman–Crippen LogP) is 9.04. The van der Waals surface area contributed by atoms with Gasteiger partial charge in [-0.15, -0.1) is 12.4 Å². The number of halogens is 3. The molecule has 1 aliphatic heterocycles. The Balaban J connectivity index is 0.00000357. The van der Waals surface area contributed by atoms with Crippen LogP contribution in [0.4, 0.5) is 11.4 Å². The number of hydrogen-bond acceptors (Lipinski definition) is 5. The van der Waals surface area contributed by atoms with Crippen LogP contribution in [0.25, 0.3) is 33.1 Å². The summed E-state index contributed by atoms with van der Waals surface area (Å²) < 4.78 is 0. The maximum Gasteiger partial charge on any atom is 0.251 e. The van der Waals surface area contributed by atoms with E-state index >= 15 is 0 Å². The summed E-state index contributed by atoms with van der Waals surface area (Å²) in [5.41, 5.74) is 10.5. The maximum absolute atomic E-state index is 13.2. The standard InChI is InChI=1S/C36H35Cl2N5O.ClH/c37-24-12-9-22(10-13-24)33-28-7-5-19-40-35(28)29-20-23(11-16-31(29)43-33)36(44)41-18-4-3-17-39-34-26-6-1-2-8-30(26)42-32-21-25(38)14-15-27(32)34;/h9-16,20-21,40H,1-8,17-19H2,(H,39,42)(H,41,44);1H. The molecule has 5 aromatic rings. The number of nitrogens with one attached hydrogen (secondary N) is 3. The van der Waals surface area contributed by atoms with Crippen molar-refractivity contribution < 1.29 is 4.79 Å². The zero-order chi connectivity index (χ0) is 30.0. The number of aryl methyl sites for hydroxylation is 1. The molecule has 3 heterocycles. The molecule has 45 heavy (non-hydrogen) atoms. The molecule has 0 saturated carbocycles. The Labute approximate surface area is 279 Å². The minimum Gasteiger partial charge on any atom is -0.384 e. The number of rotatable bonds is 8. The van der Waals surface area contributed by atoms with Gasteiger partial charge in [-0.2, -0.15) is 0 Å². The Morgan fingerprint density at radius 3 is 2.42 bits per heavy atom. The van der Waals surface area contributed by atoms with Gasteiger partial charge in [0.15, 0.2) is 0 Å². The van der Waals surface area contributed by atoms with Crippen molar-refractivity contribution in [1.29, 1.82) is 0 Å². The number of nitrogens with zero attached hydrogens (tertiary/aromatic N) is 2.